The summed E-state index contributed by atoms with van der Waals surface area (Å²) in [5.74, 6) is 4.90. The van der Waals surface area contributed by atoms with Gasteiger partial charge in [-0.15, -0.1) is 0 Å². The van der Waals surface area contributed by atoms with E-state index in [4.69, 9.17) is 5.84 Å². The van der Waals surface area contributed by atoms with Crippen LogP contribution in [0.15, 0.2) is 5.57 Å². The summed E-state index contributed by atoms with van der Waals surface area (Å²) in [5.41, 5.74) is 2.72. The summed E-state index contributed by atoms with van der Waals surface area (Å²) in [4.78, 5) is 10.1. The van der Waals surface area contributed by atoms with Gasteiger partial charge in [0.15, 0.2) is 0 Å². The maximum Gasteiger partial charge on any atom is 0.00428 e. The van der Waals surface area contributed by atoms with Crippen LogP contribution in [0, 0.1) is 6.20 Å². The van der Waals surface area contributed by atoms with E-state index in [9.17, 15) is 4.79 Å². The first-order valence-corrected chi connectivity index (χ1v) is 3.64. The molecule has 0 spiro atoms. The Hall–Kier alpha value is 0.562. The molecule has 10 heavy (non-hydrogen) atoms. The Bertz CT molecular complexity index is 127. The zero-order valence-corrected chi connectivity index (χ0v) is 10.3. The van der Waals surface area contributed by atoms with Crippen molar-refractivity contribution in [1.29, 1.82) is 0 Å². The van der Waals surface area contributed by atoms with Gasteiger partial charge in [-0.05, 0) is 6.29 Å². The summed E-state index contributed by atoms with van der Waals surface area (Å²) < 4.78 is 0.149. The third-order valence-electron chi connectivity index (χ3n) is 0.772. The van der Waals surface area contributed by atoms with E-state index < -0.39 is 0 Å². The standard InChI is InChI=1S/C5H8IN2O.Re/c1-4(6)5(3-9)2-8-7;/h3-4,8H,7H2,1H3;/q-1;. The number of nitrogens with one attached hydrogen (secondary N) is 1. The van der Waals surface area contributed by atoms with Gasteiger partial charge in [0.05, 0.1) is 0 Å². The van der Waals surface area contributed by atoms with Crippen molar-refractivity contribution in [2.45, 2.75) is 10.8 Å². The molecule has 0 aromatic carbocycles. The molecule has 1 radical (unpaired) electrons. The van der Waals surface area contributed by atoms with Crippen LogP contribution in [0.2, 0.25) is 0 Å². The number of aldehydes is 1. The van der Waals surface area contributed by atoms with Gasteiger partial charge in [-0.2, -0.15) is 11.8 Å². The zero-order valence-electron chi connectivity index (χ0n) is 5.40. The fourth-order valence-corrected chi connectivity index (χ4v) is 0.609. The molecule has 0 rings (SSSR count). The van der Waals surface area contributed by atoms with Crippen molar-refractivity contribution in [2.24, 2.45) is 5.84 Å². The molecule has 0 saturated carbocycles. The number of alkyl halides is 1. The third kappa shape index (κ3) is 5.36. The molecule has 0 fully saturated rings. The Morgan fingerprint density at radius 1 is 1.90 bits per heavy atom. The molecular formula is C5H8IN2ORe-. The van der Waals surface area contributed by atoms with Crippen molar-refractivity contribution in [3.63, 3.8) is 0 Å². The minimum absolute atomic E-state index is 0. The monoisotopic (exact) mass is 426 g/mol. The smallest absolute Gasteiger partial charge is 0.00428 e. The number of carbonyl (C=O) groups is 1. The Labute approximate surface area is 87.6 Å². The van der Waals surface area contributed by atoms with Crippen LogP contribution in [0.4, 0.5) is 0 Å². The van der Waals surface area contributed by atoms with Gasteiger partial charge in [0, 0.05) is 24.3 Å². The first-order valence-electron chi connectivity index (χ1n) is 2.40. The summed E-state index contributed by atoms with van der Waals surface area (Å²) in [6.45, 7) is 1.88. The second-order valence-corrected chi connectivity index (χ2v) is 3.33. The van der Waals surface area contributed by atoms with E-state index >= 15 is 0 Å². The molecule has 0 saturated heterocycles. The van der Waals surface area contributed by atoms with Crippen LogP contribution >= 0.6 is 22.6 Å². The van der Waals surface area contributed by atoms with Crippen LogP contribution in [-0.2, 0) is 25.2 Å². The number of hydrogen-bond donors (Lipinski definition) is 2. The fraction of sp³-hybridized carbons (Fsp3) is 0.400. The van der Waals surface area contributed by atoms with Crippen molar-refractivity contribution >= 4 is 28.9 Å². The number of allylic oxidation sites excluding steroid dienone is 1. The topological polar surface area (TPSA) is 55.1 Å². The van der Waals surface area contributed by atoms with Gasteiger partial charge in [-0.3, -0.25) is 5.84 Å². The third-order valence-corrected chi connectivity index (χ3v) is 1.44. The maximum absolute atomic E-state index is 10.1. The average molecular weight is 425 g/mol. The van der Waals surface area contributed by atoms with Crippen molar-refractivity contribution in [1.82, 2.24) is 5.43 Å². The number of hydrogen-bond acceptors (Lipinski definition) is 3. The number of halogens is 1. The molecule has 1 atom stereocenters. The van der Waals surface area contributed by atoms with E-state index in [-0.39, 0.29) is 24.3 Å². The molecule has 1 unspecified atom stereocenters. The van der Waals surface area contributed by atoms with Crippen molar-refractivity contribution in [3.05, 3.63) is 11.8 Å². The summed E-state index contributed by atoms with van der Waals surface area (Å²) >= 11 is 2.10. The first kappa shape index (κ1) is 13.2. The number of rotatable bonds is 3. The van der Waals surface area contributed by atoms with Crippen molar-refractivity contribution in [2.75, 3.05) is 0 Å². The van der Waals surface area contributed by atoms with Crippen molar-refractivity contribution < 1.29 is 25.2 Å². The van der Waals surface area contributed by atoms with Gasteiger partial charge < -0.3 is 10.2 Å². The van der Waals surface area contributed by atoms with E-state index in [1.807, 2.05) is 6.92 Å². The van der Waals surface area contributed by atoms with Crippen LogP contribution in [0.3, 0.4) is 0 Å². The van der Waals surface area contributed by atoms with E-state index in [0.29, 0.717) is 5.57 Å². The Morgan fingerprint density at radius 3 is 2.50 bits per heavy atom. The Kier molecular flexibility index (Phi) is 10.1. The molecule has 0 amide bonds. The molecule has 0 bridgehead atoms. The number of nitrogens with two attached hydrogens (primary N) is 1. The molecule has 59 valence electrons. The van der Waals surface area contributed by atoms with Crippen LogP contribution in [0.1, 0.15) is 6.92 Å². The van der Waals surface area contributed by atoms with Gasteiger partial charge >= 0.3 is 0 Å². The summed E-state index contributed by atoms with van der Waals surface area (Å²) in [6, 6.07) is 0. The molecule has 0 aliphatic heterocycles. The molecule has 3 nitrogen and oxygen atoms in total. The molecule has 0 aliphatic carbocycles. The first-order chi connectivity index (χ1) is 4.22. The average Bonchev–Trinajstić information content (AvgIpc) is 1.82. The van der Waals surface area contributed by atoms with Gasteiger partial charge in [0.1, 0.15) is 0 Å². The summed E-state index contributed by atoms with van der Waals surface area (Å²) in [7, 11) is 0. The SMILES string of the molecule is CC(I)C(=[C-]NN)C=O.[Re]. The molecule has 0 aromatic rings. The second kappa shape index (κ2) is 7.67. The minimum atomic E-state index is 0. The van der Waals surface area contributed by atoms with Crippen LogP contribution in [0.5, 0.6) is 0 Å². The zero-order chi connectivity index (χ0) is 7.28. The minimum Gasteiger partial charge on any atom is -0.417 e. The predicted octanol–water partition coefficient (Wildman–Crippen LogP) is 0.157. The molecular weight excluding hydrogens is 417 g/mol. The van der Waals surface area contributed by atoms with Gasteiger partial charge in [0.25, 0.3) is 0 Å². The van der Waals surface area contributed by atoms with Crippen LogP contribution in [0.25, 0.3) is 0 Å². The van der Waals surface area contributed by atoms with Gasteiger partial charge in [0.2, 0.25) is 0 Å². The summed E-state index contributed by atoms with van der Waals surface area (Å²) in [5, 5.41) is 0. The quantitative estimate of drug-likeness (QED) is 0.0991. The normalized spacial score (nSPS) is 13.3. The second-order valence-electron chi connectivity index (χ2n) is 1.46. The molecule has 5 heteroatoms. The van der Waals surface area contributed by atoms with E-state index in [2.05, 4.69) is 34.2 Å². The number of carbonyl (C=O) groups excluding carboxylic acids is 1. The Morgan fingerprint density at radius 2 is 2.40 bits per heavy atom. The van der Waals surface area contributed by atoms with Gasteiger partial charge in [-0.25, -0.2) is 0 Å². The molecule has 0 aromatic heterocycles. The molecule has 0 aliphatic rings. The van der Waals surface area contributed by atoms with E-state index in [0.717, 1.165) is 6.29 Å². The fourth-order valence-electron chi connectivity index (χ4n) is 0.306. The van der Waals surface area contributed by atoms with Crippen LogP contribution < -0.4 is 11.3 Å². The summed E-state index contributed by atoms with van der Waals surface area (Å²) in [6.07, 6.45) is 3.23. The molecule has 0 heterocycles. The molecule has 3 N–H and O–H groups in total. The number of hydrazine groups is 1. The van der Waals surface area contributed by atoms with E-state index in [1.54, 1.807) is 0 Å². The van der Waals surface area contributed by atoms with Crippen molar-refractivity contribution in [3.8, 4) is 0 Å². The van der Waals surface area contributed by atoms with E-state index in [1.165, 1.54) is 0 Å². The Balaban J connectivity index is 0. The van der Waals surface area contributed by atoms with Crippen LogP contribution in [-0.4, -0.2) is 10.2 Å². The largest absolute Gasteiger partial charge is 0.417 e. The maximum atomic E-state index is 10.1. The predicted molar refractivity (Wildman–Crippen MR) is 43.6 cm³/mol. The van der Waals surface area contributed by atoms with Gasteiger partial charge in [-0.1, -0.05) is 29.5 Å².